The highest BCUT2D eigenvalue weighted by Gasteiger charge is 2.50. The first-order valence-electron chi connectivity index (χ1n) is 6.55. The van der Waals surface area contributed by atoms with Gasteiger partial charge in [-0.1, -0.05) is 0 Å². The van der Waals surface area contributed by atoms with E-state index in [1.165, 1.54) is 10.9 Å². The fraction of sp³-hybridized carbons (Fsp3) is 0.500. The first-order chi connectivity index (χ1) is 10.9. The molecular weight excluding hydrogens is 333 g/mol. The molecule has 0 radical (unpaired) electrons. The number of nitrogen functional groups attached to an aromatic ring is 1. The summed E-state index contributed by atoms with van der Waals surface area (Å²) >= 11 is 0. The number of phosphoric acid groups is 1. The van der Waals surface area contributed by atoms with E-state index in [-0.39, 0.29) is 23.7 Å². The van der Waals surface area contributed by atoms with Crippen molar-refractivity contribution >= 4 is 24.9 Å². The van der Waals surface area contributed by atoms with E-state index < -0.39 is 37.9 Å². The van der Waals surface area contributed by atoms with Crippen LogP contribution in [0, 0.1) is 0 Å². The predicted octanol–water partition coefficient (Wildman–Crippen LogP) is -2.16. The lowest BCUT2D eigenvalue weighted by molar-refractivity contribution is -0.245. The Bertz CT molecular complexity index is 880. The molecule has 0 bridgehead atoms. The lowest BCUT2D eigenvalue weighted by Gasteiger charge is -2.34. The molecule has 2 aromatic rings. The molecule has 13 heteroatoms. The van der Waals surface area contributed by atoms with Crippen LogP contribution in [0.25, 0.3) is 11.2 Å². The van der Waals surface area contributed by atoms with Gasteiger partial charge in [-0.2, -0.15) is 4.98 Å². The van der Waals surface area contributed by atoms with E-state index in [0.717, 1.165) is 0 Å². The molecule has 4 heterocycles. The first kappa shape index (κ1) is 14.8. The van der Waals surface area contributed by atoms with Crippen molar-refractivity contribution in [3.63, 3.8) is 0 Å². The summed E-state index contributed by atoms with van der Waals surface area (Å²) in [6, 6.07) is 0. The molecule has 0 saturated carbocycles. The number of nitrogens with zero attached hydrogens (tertiary/aromatic N) is 3. The van der Waals surface area contributed by atoms with Gasteiger partial charge in [-0.15, -0.1) is 0 Å². The van der Waals surface area contributed by atoms with E-state index in [9.17, 15) is 19.4 Å². The van der Waals surface area contributed by atoms with Crippen LogP contribution in [-0.4, -0.2) is 49.5 Å². The second-order valence-electron chi connectivity index (χ2n) is 5.14. The molecule has 0 aromatic carbocycles. The van der Waals surface area contributed by atoms with Gasteiger partial charge in [0.1, 0.15) is 18.3 Å². The zero-order chi connectivity index (χ0) is 16.4. The van der Waals surface area contributed by atoms with Crippen molar-refractivity contribution in [1.82, 2.24) is 19.5 Å². The van der Waals surface area contributed by atoms with E-state index in [1.807, 2.05) is 0 Å². The van der Waals surface area contributed by atoms with Crippen molar-refractivity contribution in [2.24, 2.45) is 0 Å². The van der Waals surface area contributed by atoms with Gasteiger partial charge in [-0.3, -0.25) is 18.9 Å². The van der Waals surface area contributed by atoms with Crippen molar-refractivity contribution in [2.45, 2.75) is 24.5 Å². The molecule has 2 aromatic heterocycles. The molecule has 124 valence electrons. The summed E-state index contributed by atoms with van der Waals surface area (Å²) < 4.78 is 27.5. The van der Waals surface area contributed by atoms with Crippen molar-refractivity contribution in [2.75, 3.05) is 12.3 Å². The highest BCUT2D eigenvalue weighted by molar-refractivity contribution is 7.45. The Morgan fingerprint density at radius 1 is 1.57 bits per heavy atom. The molecule has 0 aliphatic carbocycles. The summed E-state index contributed by atoms with van der Waals surface area (Å²) in [4.78, 5) is 33.3. The fourth-order valence-corrected chi connectivity index (χ4v) is 3.64. The minimum Gasteiger partial charge on any atom is -0.756 e. The SMILES string of the molecule is Nc1nc2c(ncn2[C@@H]2O[C@@H]3COP(=O)([O-])O[C@H]3[C@H]2O)c(=O)[nH]1. The fourth-order valence-electron chi connectivity index (χ4n) is 2.69. The number of hydrogen-bond acceptors (Lipinski definition) is 10. The smallest absolute Gasteiger partial charge is 0.280 e. The highest BCUT2D eigenvalue weighted by Crippen LogP contribution is 2.49. The summed E-state index contributed by atoms with van der Waals surface area (Å²) in [5.74, 6) is -0.127. The van der Waals surface area contributed by atoms with Gasteiger partial charge in [0.2, 0.25) is 5.95 Å². The number of aliphatic hydroxyl groups excluding tert-OH is 1. The average Bonchev–Trinajstić information content (AvgIpc) is 3.00. The van der Waals surface area contributed by atoms with Gasteiger partial charge in [-0.25, -0.2) is 4.98 Å². The highest BCUT2D eigenvalue weighted by atomic mass is 31.2. The number of hydrogen-bond donors (Lipinski definition) is 3. The molecule has 4 N–H and O–H groups in total. The monoisotopic (exact) mass is 344 g/mol. The third-order valence-electron chi connectivity index (χ3n) is 3.68. The Labute approximate surface area is 127 Å². The van der Waals surface area contributed by atoms with E-state index in [0.29, 0.717) is 0 Å². The van der Waals surface area contributed by atoms with Crippen LogP contribution in [0.5, 0.6) is 0 Å². The number of fused-ring (bicyclic) bond motifs is 2. The van der Waals surface area contributed by atoms with Gasteiger partial charge in [0.25, 0.3) is 13.4 Å². The van der Waals surface area contributed by atoms with Crippen LogP contribution in [0.2, 0.25) is 0 Å². The van der Waals surface area contributed by atoms with Crippen LogP contribution in [0.1, 0.15) is 6.23 Å². The van der Waals surface area contributed by atoms with Crippen molar-refractivity contribution in [1.29, 1.82) is 0 Å². The number of imidazole rings is 1. The summed E-state index contributed by atoms with van der Waals surface area (Å²) in [5.41, 5.74) is 5.07. The number of aliphatic hydroxyl groups is 1. The quantitative estimate of drug-likeness (QED) is 0.483. The lowest BCUT2D eigenvalue weighted by Crippen LogP contribution is -2.41. The van der Waals surface area contributed by atoms with Gasteiger partial charge < -0.3 is 29.5 Å². The maximum atomic E-state index is 11.8. The van der Waals surface area contributed by atoms with Crippen LogP contribution >= 0.6 is 7.82 Å². The van der Waals surface area contributed by atoms with Crippen LogP contribution in [0.4, 0.5) is 5.95 Å². The molecule has 0 spiro atoms. The molecule has 2 fully saturated rings. The maximum Gasteiger partial charge on any atom is 0.280 e. The number of H-pyrrole nitrogens is 1. The van der Waals surface area contributed by atoms with Gasteiger partial charge in [-0.05, 0) is 0 Å². The Balaban J connectivity index is 1.75. The van der Waals surface area contributed by atoms with E-state index in [4.69, 9.17) is 15.0 Å². The molecule has 2 aliphatic rings. The van der Waals surface area contributed by atoms with Gasteiger partial charge in [0.05, 0.1) is 12.9 Å². The molecule has 2 aliphatic heterocycles. The number of nitrogens with one attached hydrogen (secondary N) is 1. The number of phosphoric ester groups is 1. The summed E-state index contributed by atoms with van der Waals surface area (Å²) in [7, 11) is -4.47. The summed E-state index contributed by atoms with van der Waals surface area (Å²) in [5, 5.41) is 10.3. The number of nitrogens with two attached hydrogens (primary N) is 1. The number of aromatic amines is 1. The molecular formula is C10H11N5O7P-. The van der Waals surface area contributed by atoms with Crippen molar-refractivity contribution in [3.8, 4) is 0 Å². The van der Waals surface area contributed by atoms with Crippen molar-refractivity contribution < 1.29 is 28.3 Å². The predicted molar refractivity (Wildman–Crippen MR) is 70.9 cm³/mol. The lowest BCUT2D eigenvalue weighted by atomic mass is 10.1. The standard InChI is InChI=1S/C10H12N5O7P/c11-10-13-7-4(8(17)14-10)12-2-15(7)9-5(16)6-3(21-9)1-20-23(18,19)22-6/h2-3,5-6,9,16H,1H2,(H,18,19)(H3,11,13,14,17)/p-1/t3-,5-,6-,9-/m1/s1. The minimum atomic E-state index is -4.47. The molecule has 5 atom stereocenters. The van der Waals surface area contributed by atoms with Crippen LogP contribution in [0.3, 0.4) is 0 Å². The molecule has 0 amide bonds. The summed E-state index contributed by atoms with van der Waals surface area (Å²) in [6.07, 6.45) is -3.04. The van der Waals surface area contributed by atoms with Crippen LogP contribution in [-0.2, 0) is 18.3 Å². The van der Waals surface area contributed by atoms with Crippen molar-refractivity contribution in [3.05, 3.63) is 16.7 Å². The van der Waals surface area contributed by atoms with Gasteiger partial charge in [0.15, 0.2) is 17.4 Å². The third-order valence-corrected chi connectivity index (χ3v) is 4.65. The maximum absolute atomic E-state index is 11.8. The molecule has 4 rings (SSSR count). The number of ether oxygens (including phenoxy) is 1. The Hall–Kier alpha value is -1.82. The number of rotatable bonds is 1. The molecule has 1 unspecified atom stereocenters. The van der Waals surface area contributed by atoms with E-state index in [1.54, 1.807) is 0 Å². The first-order valence-corrected chi connectivity index (χ1v) is 8.01. The number of anilines is 1. The minimum absolute atomic E-state index is 0.0107. The average molecular weight is 344 g/mol. The topological polar surface area (TPSA) is 178 Å². The second kappa shape index (κ2) is 4.84. The van der Waals surface area contributed by atoms with Gasteiger partial charge >= 0.3 is 0 Å². The largest absolute Gasteiger partial charge is 0.756 e. The summed E-state index contributed by atoms with van der Waals surface area (Å²) in [6.45, 7) is -0.276. The number of aromatic nitrogens is 4. The Morgan fingerprint density at radius 3 is 3.13 bits per heavy atom. The zero-order valence-electron chi connectivity index (χ0n) is 11.4. The van der Waals surface area contributed by atoms with E-state index >= 15 is 0 Å². The Kier molecular flexibility index (Phi) is 3.10. The molecule has 23 heavy (non-hydrogen) atoms. The normalized spacial score (nSPS) is 37.1. The zero-order valence-corrected chi connectivity index (χ0v) is 12.3. The second-order valence-corrected chi connectivity index (χ2v) is 6.51. The molecule has 2 saturated heterocycles. The van der Waals surface area contributed by atoms with Crippen LogP contribution < -0.4 is 16.2 Å². The van der Waals surface area contributed by atoms with Gasteiger partial charge in [0, 0.05) is 0 Å². The van der Waals surface area contributed by atoms with Crippen LogP contribution in [0.15, 0.2) is 11.1 Å². The molecule has 12 nitrogen and oxygen atoms in total. The third kappa shape index (κ3) is 2.27. The Morgan fingerprint density at radius 2 is 2.35 bits per heavy atom. The van der Waals surface area contributed by atoms with E-state index in [2.05, 4.69) is 19.5 Å².